The Balaban J connectivity index is 2.26. The third kappa shape index (κ3) is 2.70. The molecule has 0 fully saturated rings. The average molecular weight is 312 g/mol. The van der Waals surface area contributed by atoms with Gasteiger partial charge in [-0.3, -0.25) is 4.79 Å². The molecule has 0 unspecified atom stereocenters. The first kappa shape index (κ1) is 14.6. The van der Waals surface area contributed by atoms with E-state index >= 15 is 0 Å². The molecule has 1 amide bonds. The Morgan fingerprint density at radius 3 is 2.90 bits per heavy atom. The first-order chi connectivity index (χ1) is 9.58. The topological polar surface area (TPSA) is 81.4 Å². The lowest BCUT2D eigenvalue weighted by atomic mass is 10.2. The number of aryl methyl sites for hydroxylation is 1. The zero-order valence-electron chi connectivity index (χ0n) is 11.1. The van der Waals surface area contributed by atoms with Crippen LogP contribution in [0.25, 0.3) is 0 Å². The van der Waals surface area contributed by atoms with Crippen LogP contribution in [0, 0.1) is 6.92 Å². The Morgan fingerprint density at radius 1 is 1.50 bits per heavy atom. The highest BCUT2D eigenvalue weighted by Crippen LogP contribution is 2.27. The average Bonchev–Trinajstić information content (AvgIpc) is 3.04. The summed E-state index contributed by atoms with van der Waals surface area (Å²) >= 11 is 2.50. The molecular weight excluding hydrogens is 300 g/mol. The molecule has 2 heterocycles. The van der Waals surface area contributed by atoms with Crippen molar-refractivity contribution < 1.29 is 18.8 Å². The van der Waals surface area contributed by atoms with Crippen LogP contribution < -0.4 is 5.32 Å². The van der Waals surface area contributed by atoms with Gasteiger partial charge in [0.2, 0.25) is 5.09 Å². The normalized spacial score (nSPS) is 10.3. The van der Waals surface area contributed by atoms with E-state index in [0.29, 0.717) is 26.9 Å². The van der Waals surface area contributed by atoms with Crippen molar-refractivity contribution in [1.82, 2.24) is 5.16 Å². The number of thiophene rings is 1. The molecule has 0 aliphatic heterocycles. The summed E-state index contributed by atoms with van der Waals surface area (Å²) in [5, 5.41) is 8.59. The lowest BCUT2D eigenvalue weighted by Gasteiger charge is -2.05. The molecule has 0 aliphatic rings. The van der Waals surface area contributed by atoms with Crippen molar-refractivity contribution in [2.75, 3.05) is 18.7 Å². The number of aromatic nitrogens is 1. The number of ether oxygens (including phenoxy) is 1. The second-order valence-corrected chi connectivity index (χ2v) is 5.44. The number of thioether (sulfide) groups is 1. The first-order valence-corrected chi connectivity index (χ1v) is 7.66. The highest BCUT2D eigenvalue weighted by Gasteiger charge is 2.22. The second kappa shape index (κ2) is 6.10. The molecule has 0 atom stereocenters. The van der Waals surface area contributed by atoms with Crippen LogP contribution in [-0.4, -0.2) is 30.4 Å². The van der Waals surface area contributed by atoms with Crippen LogP contribution in [0.15, 0.2) is 21.1 Å². The summed E-state index contributed by atoms with van der Waals surface area (Å²) in [5.41, 5.74) is 1.29. The molecular formula is C12H12N2O4S2. The van der Waals surface area contributed by atoms with E-state index in [9.17, 15) is 9.59 Å². The predicted octanol–water partition coefficient (Wildman–Crippen LogP) is 2.81. The van der Waals surface area contributed by atoms with Gasteiger partial charge in [0.05, 0.1) is 18.5 Å². The van der Waals surface area contributed by atoms with E-state index < -0.39 is 5.97 Å². The van der Waals surface area contributed by atoms with Gasteiger partial charge in [-0.05, 0) is 24.6 Å². The highest BCUT2D eigenvalue weighted by atomic mass is 32.2. The summed E-state index contributed by atoms with van der Waals surface area (Å²) in [6.07, 6.45) is 1.79. The van der Waals surface area contributed by atoms with E-state index in [0.717, 1.165) is 0 Å². The predicted molar refractivity (Wildman–Crippen MR) is 76.6 cm³/mol. The number of nitrogens with zero attached hydrogens (tertiary/aromatic N) is 1. The van der Waals surface area contributed by atoms with Crippen molar-refractivity contribution in [1.29, 1.82) is 0 Å². The maximum Gasteiger partial charge on any atom is 0.350 e. The molecule has 0 saturated carbocycles. The van der Waals surface area contributed by atoms with Crippen LogP contribution in [0.4, 0.5) is 5.69 Å². The third-order valence-corrected chi connectivity index (χ3v) is 4.07. The number of anilines is 1. The summed E-state index contributed by atoms with van der Waals surface area (Å²) in [5.74, 6) is -0.848. The van der Waals surface area contributed by atoms with Crippen molar-refractivity contribution in [3.8, 4) is 0 Å². The minimum absolute atomic E-state index is 0.348. The first-order valence-electron chi connectivity index (χ1n) is 5.56. The number of hydrogen-bond donors (Lipinski definition) is 1. The molecule has 2 rings (SSSR count). The van der Waals surface area contributed by atoms with E-state index in [1.165, 1.54) is 30.2 Å². The number of rotatable bonds is 4. The Hall–Kier alpha value is -1.80. The molecule has 6 nitrogen and oxygen atoms in total. The van der Waals surface area contributed by atoms with Crippen LogP contribution >= 0.6 is 23.1 Å². The fourth-order valence-electron chi connectivity index (χ4n) is 1.59. The van der Waals surface area contributed by atoms with Gasteiger partial charge in [-0.2, -0.15) is 0 Å². The summed E-state index contributed by atoms with van der Waals surface area (Å²) in [6.45, 7) is 1.69. The summed E-state index contributed by atoms with van der Waals surface area (Å²) < 4.78 is 9.71. The molecule has 8 heteroatoms. The number of methoxy groups -OCH3 is 1. The van der Waals surface area contributed by atoms with E-state index in [4.69, 9.17) is 4.52 Å². The number of esters is 1. The van der Waals surface area contributed by atoms with Crippen LogP contribution in [0.1, 0.15) is 25.7 Å². The summed E-state index contributed by atoms with van der Waals surface area (Å²) in [4.78, 5) is 24.2. The lowest BCUT2D eigenvalue weighted by Crippen LogP contribution is -2.15. The van der Waals surface area contributed by atoms with Gasteiger partial charge in [0, 0.05) is 0 Å². The van der Waals surface area contributed by atoms with Crippen LogP contribution in [0.5, 0.6) is 0 Å². The molecule has 1 N–H and O–H groups in total. The molecule has 0 radical (unpaired) electrons. The largest absolute Gasteiger partial charge is 0.465 e. The molecule has 106 valence electrons. The van der Waals surface area contributed by atoms with Gasteiger partial charge >= 0.3 is 5.97 Å². The molecule has 2 aromatic rings. The maximum atomic E-state index is 12.3. The number of hydrogen-bond acceptors (Lipinski definition) is 7. The summed E-state index contributed by atoms with van der Waals surface area (Å²) in [7, 11) is 1.30. The van der Waals surface area contributed by atoms with E-state index in [1.54, 1.807) is 24.6 Å². The number of carbonyl (C=O) groups is 2. The van der Waals surface area contributed by atoms with E-state index in [1.807, 2.05) is 0 Å². The van der Waals surface area contributed by atoms with Gasteiger partial charge in [0.15, 0.2) is 0 Å². The molecule has 2 aromatic heterocycles. The quantitative estimate of drug-likeness (QED) is 0.690. The van der Waals surface area contributed by atoms with Crippen molar-refractivity contribution in [3.63, 3.8) is 0 Å². The zero-order chi connectivity index (χ0) is 14.7. The van der Waals surface area contributed by atoms with E-state index in [2.05, 4.69) is 15.2 Å². The zero-order valence-corrected chi connectivity index (χ0v) is 12.7. The Labute approximate surface area is 123 Å². The number of carbonyl (C=O) groups excluding carboxylic acids is 2. The summed E-state index contributed by atoms with van der Waals surface area (Å²) in [6, 6.07) is 1.65. The van der Waals surface area contributed by atoms with Crippen LogP contribution in [0.3, 0.4) is 0 Å². The molecule has 0 aromatic carbocycles. The number of nitrogens with one attached hydrogen (secondary N) is 1. The highest BCUT2D eigenvalue weighted by molar-refractivity contribution is 7.98. The lowest BCUT2D eigenvalue weighted by molar-refractivity contribution is 0.0607. The minimum atomic E-state index is -0.484. The second-order valence-electron chi connectivity index (χ2n) is 3.74. The van der Waals surface area contributed by atoms with Crippen molar-refractivity contribution >= 4 is 40.7 Å². The maximum absolute atomic E-state index is 12.3. The molecule has 0 saturated heterocycles. The van der Waals surface area contributed by atoms with Crippen molar-refractivity contribution in [2.24, 2.45) is 0 Å². The number of amides is 1. The van der Waals surface area contributed by atoms with Crippen molar-refractivity contribution in [2.45, 2.75) is 12.0 Å². The van der Waals surface area contributed by atoms with Crippen molar-refractivity contribution in [3.05, 3.63) is 27.6 Å². The van der Waals surface area contributed by atoms with Gasteiger partial charge < -0.3 is 14.6 Å². The fraction of sp³-hybridized carbons (Fsp3) is 0.250. The standard InChI is InChI=1S/C12H12N2O4S2/c1-6-8(12(19-3)18-14-6)10(15)13-7-4-5-20-9(7)11(16)17-2/h4-5H,1-3H3,(H,13,15). The molecule has 20 heavy (non-hydrogen) atoms. The Kier molecular flexibility index (Phi) is 4.46. The van der Waals surface area contributed by atoms with Crippen LogP contribution in [-0.2, 0) is 4.74 Å². The monoisotopic (exact) mass is 312 g/mol. The third-order valence-electron chi connectivity index (χ3n) is 2.53. The molecule has 0 spiro atoms. The Bertz CT molecular complexity index is 648. The Morgan fingerprint density at radius 2 is 2.25 bits per heavy atom. The van der Waals surface area contributed by atoms with Crippen LogP contribution in [0.2, 0.25) is 0 Å². The van der Waals surface area contributed by atoms with Gasteiger partial charge in [0.25, 0.3) is 5.91 Å². The fourth-order valence-corrected chi connectivity index (χ4v) is 2.91. The smallest absolute Gasteiger partial charge is 0.350 e. The molecule has 0 bridgehead atoms. The SMILES string of the molecule is COC(=O)c1sccc1NC(=O)c1c(C)noc1SC. The van der Waals surface area contributed by atoms with E-state index in [-0.39, 0.29) is 5.91 Å². The minimum Gasteiger partial charge on any atom is -0.465 e. The van der Waals surface area contributed by atoms with Gasteiger partial charge in [-0.15, -0.1) is 11.3 Å². The van der Waals surface area contributed by atoms with Gasteiger partial charge in [-0.1, -0.05) is 16.9 Å². The molecule has 0 aliphatic carbocycles. The van der Waals surface area contributed by atoms with Gasteiger partial charge in [-0.25, -0.2) is 4.79 Å². The van der Waals surface area contributed by atoms with Gasteiger partial charge in [0.1, 0.15) is 10.4 Å².